The smallest absolute Gasteiger partial charge is 0.146 e. The molecule has 1 aromatic heterocycles. The van der Waals surface area contributed by atoms with Crippen LogP contribution in [-0.4, -0.2) is 12.0 Å². The summed E-state index contributed by atoms with van der Waals surface area (Å²) in [6.07, 6.45) is 1.70. The topological polar surface area (TPSA) is 39.9 Å². The molecule has 0 aliphatic heterocycles. The van der Waals surface area contributed by atoms with Crippen LogP contribution < -0.4 is 4.90 Å². The van der Waals surface area contributed by atoms with Crippen molar-refractivity contribution in [3.05, 3.63) is 58.7 Å². The molecule has 0 spiro atoms. The number of hydrogen-bond acceptors (Lipinski definition) is 3. The van der Waals surface area contributed by atoms with Crippen molar-refractivity contribution in [2.45, 2.75) is 13.0 Å². The number of halogens is 1. The van der Waals surface area contributed by atoms with Crippen LogP contribution in [0.2, 0.25) is 5.02 Å². The number of nitriles is 1. The van der Waals surface area contributed by atoms with Crippen molar-refractivity contribution in [3.63, 3.8) is 0 Å². The Hall–Kier alpha value is -2.05. The minimum atomic E-state index is 0.110. The Kier molecular flexibility index (Phi) is 4.03. The molecule has 96 valence electrons. The summed E-state index contributed by atoms with van der Waals surface area (Å²) in [5.74, 6) is 0.687. The third-order valence-corrected chi connectivity index (χ3v) is 3.43. The largest absolute Gasteiger partial charge is 0.352 e. The van der Waals surface area contributed by atoms with Gasteiger partial charge in [0.2, 0.25) is 0 Å². The number of aromatic nitrogens is 1. The first-order valence-electron chi connectivity index (χ1n) is 5.97. The first kappa shape index (κ1) is 13.4. The minimum absolute atomic E-state index is 0.110. The zero-order valence-corrected chi connectivity index (χ0v) is 11.6. The van der Waals surface area contributed by atoms with Crippen LogP contribution in [0, 0.1) is 11.3 Å². The summed E-state index contributed by atoms with van der Waals surface area (Å²) in [6, 6.07) is 13.5. The van der Waals surface area contributed by atoms with E-state index in [1.54, 1.807) is 18.3 Å². The minimum Gasteiger partial charge on any atom is -0.352 e. The van der Waals surface area contributed by atoms with Gasteiger partial charge in [0.1, 0.15) is 11.9 Å². The van der Waals surface area contributed by atoms with Crippen molar-refractivity contribution in [1.82, 2.24) is 4.98 Å². The van der Waals surface area contributed by atoms with E-state index in [1.807, 2.05) is 36.2 Å². The van der Waals surface area contributed by atoms with E-state index in [-0.39, 0.29) is 6.04 Å². The molecular weight excluding hydrogens is 258 g/mol. The van der Waals surface area contributed by atoms with E-state index in [0.29, 0.717) is 16.4 Å². The number of anilines is 1. The lowest BCUT2D eigenvalue weighted by molar-refractivity contribution is 0.728. The van der Waals surface area contributed by atoms with Gasteiger partial charge in [-0.1, -0.05) is 23.7 Å². The highest BCUT2D eigenvalue weighted by Crippen LogP contribution is 2.26. The number of benzene rings is 1. The number of rotatable bonds is 3. The molecule has 0 saturated carbocycles. The molecule has 0 N–H and O–H groups in total. The Morgan fingerprint density at radius 2 is 1.95 bits per heavy atom. The fourth-order valence-corrected chi connectivity index (χ4v) is 2.04. The highest BCUT2D eigenvalue weighted by molar-refractivity contribution is 6.30. The molecule has 2 rings (SSSR count). The molecule has 0 aliphatic carbocycles. The van der Waals surface area contributed by atoms with E-state index in [9.17, 15) is 0 Å². The Labute approximate surface area is 118 Å². The van der Waals surface area contributed by atoms with Crippen LogP contribution in [0.1, 0.15) is 24.1 Å². The second-order valence-corrected chi connectivity index (χ2v) is 4.76. The molecule has 0 radical (unpaired) electrons. The van der Waals surface area contributed by atoms with Crippen LogP contribution >= 0.6 is 11.6 Å². The number of nitrogens with zero attached hydrogens (tertiary/aromatic N) is 3. The van der Waals surface area contributed by atoms with Gasteiger partial charge >= 0.3 is 0 Å². The van der Waals surface area contributed by atoms with Gasteiger partial charge in [-0.05, 0) is 36.8 Å². The van der Waals surface area contributed by atoms with Crippen LogP contribution in [0.15, 0.2) is 42.6 Å². The molecular formula is C15H14ClN3. The van der Waals surface area contributed by atoms with Crippen molar-refractivity contribution < 1.29 is 0 Å². The Morgan fingerprint density at radius 3 is 2.58 bits per heavy atom. The van der Waals surface area contributed by atoms with E-state index in [4.69, 9.17) is 16.9 Å². The molecule has 1 unspecified atom stereocenters. The maximum atomic E-state index is 9.12. The number of pyridine rings is 1. The summed E-state index contributed by atoms with van der Waals surface area (Å²) < 4.78 is 0. The predicted octanol–water partition coefficient (Wildman–Crippen LogP) is 3.80. The fraction of sp³-hybridized carbons (Fsp3) is 0.200. The second-order valence-electron chi connectivity index (χ2n) is 4.32. The van der Waals surface area contributed by atoms with Gasteiger partial charge in [-0.2, -0.15) is 5.26 Å². The van der Waals surface area contributed by atoms with Gasteiger partial charge in [-0.15, -0.1) is 0 Å². The van der Waals surface area contributed by atoms with Crippen molar-refractivity contribution in [2.24, 2.45) is 0 Å². The molecule has 0 fully saturated rings. The highest BCUT2D eigenvalue weighted by Gasteiger charge is 2.16. The summed E-state index contributed by atoms with van der Waals surface area (Å²) in [6.45, 7) is 2.07. The normalized spacial score (nSPS) is 11.7. The molecule has 2 aromatic rings. The van der Waals surface area contributed by atoms with Crippen molar-refractivity contribution >= 4 is 17.4 Å². The monoisotopic (exact) mass is 271 g/mol. The standard InChI is InChI=1S/C15H14ClN3/c1-11(12-5-7-14(16)8-6-12)19(2)15-13(10-17)4-3-9-18-15/h3-9,11H,1-2H3. The van der Waals surface area contributed by atoms with Gasteiger partial charge in [-0.25, -0.2) is 4.98 Å². The molecule has 19 heavy (non-hydrogen) atoms. The van der Waals surface area contributed by atoms with E-state index in [0.717, 1.165) is 5.56 Å². The van der Waals surface area contributed by atoms with Gasteiger partial charge in [-0.3, -0.25) is 0 Å². The van der Waals surface area contributed by atoms with Crippen LogP contribution in [-0.2, 0) is 0 Å². The molecule has 1 atom stereocenters. The average molecular weight is 272 g/mol. The molecule has 0 aliphatic rings. The summed E-state index contributed by atoms with van der Waals surface area (Å²) in [7, 11) is 1.93. The highest BCUT2D eigenvalue weighted by atomic mass is 35.5. The molecule has 0 bridgehead atoms. The molecule has 4 heteroatoms. The lowest BCUT2D eigenvalue weighted by Gasteiger charge is -2.27. The third-order valence-electron chi connectivity index (χ3n) is 3.17. The Balaban J connectivity index is 2.31. The molecule has 1 aromatic carbocycles. The first-order valence-corrected chi connectivity index (χ1v) is 6.34. The van der Waals surface area contributed by atoms with Gasteiger partial charge in [0.25, 0.3) is 0 Å². The fourth-order valence-electron chi connectivity index (χ4n) is 1.91. The molecule has 3 nitrogen and oxygen atoms in total. The third kappa shape index (κ3) is 2.86. The predicted molar refractivity (Wildman–Crippen MR) is 77.2 cm³/mol. The van der Waals surface area contributed by atoms with Crippen molar-refractivity contribution in [3.8, 4) is 6.07 Å². The SMILES string of the molecule is CC(c1ccc(Cl)cc1)N(C)c1ncccc1C#N. The lowest BCUT2D eigenvalue weighted by atomic mass is 10.1. The van der Waals surface area contributed by atoms with E-state index in [2.05, 4.69) is 18.0 Å². The molecule has 0 saturated heterocycles. The maximum Gasteiger partial charge on any atom is 0.146 e. The quantitative estimate of drug-likeness (QED) is 0.852. The van der Waals surface area contributed by atoms with Crippen LogP contribution in [0.5, 0.6) is 0 Å². The van der Waals surface area contributed by atoms with Gasteiger partial charge in [0, 0.05) is 18.3 Å². The lowest BCUT2D eigenvalue weighted by Crippen LogP contribution is -2.23. The zero-order valence-electron chi connectivity index (χ0n) is 10.8. The van der Waals surface area contributed by atoms with Gasteiger partial charge in [0.05, 0.1) is 11.6 Å². The van der Waals surface area contributed by atoms with Crippen LogP contribution in [0.25, 0.3) is 0 Å². The van der Waals surface area contributed by atoms with Crippen LogP contribution in [0.4, 0.5) is 5.82 Å². The Morgan fingerprint density at radius 1 is 1.26 bits per heavy atom. The summed E-state index contributed by atoms with van der Waals surface area (Å²) in [5.41, 5.74) is 1.70. The summed E-state index contributed by atoms with van der Waals surface area (Å²) in [5, 5.41) is 9.84. The molecule has 1 heterocycles. The summed E-state index contributed by atoms with van der Waals surface area (Å²) in [4.78, 5) is 6.28. The van der Waals surface area contributed by atoms with E-state index >= 15 is 0 Å². The van der Waals surface area contributed by atoms with Gasteiger partial charge in [0.15, 0.2) is 0 Å². The van der Waals surface area contributed by atoms with Crippen LogP contribution in [0.3, 0.4) is 0 Å². The van der Waals surface area contributed by atoms with Gasteiger partial charge < -0.3 is 4.90 Å². The van der Waals surface area contributed by atoms with Crippen molar-refractivity contribution in [1.29, 1.82) is 5.26 Å². The number of hydrogen-bond donors (Lipinski definition) is 0. The van der Waals surface area contributed by atoms with Crippen molar-refractivity contribution in [2.75, 3.05) is 11.9 Å². The maximum absolute atomic E-state index is 9.12. The van der Waals surface area contributed by atoms with E-state index in [1.165, 1.54) is 0 Å². The average Bonchev–Trinajstić information content (AvgIpc) is 2.46. The zero-order chi connectivity index (χ0) is 13.8. The second kappa shape index (κ2) is 5.73. The van der Waals surface area contributed by atoms with E-state index < -0.39 is 0 Å². The molecule has 0 amide bonds. The summed E-state index contributed by atoms with van der Waals surface area (Å²) >= 11 is 5.89. The first-order chi connectivity index (χ1) is 9.13. The Bertz CT molecular complexity index is 602.